The summed E-state index contributed by atoms with van der Waals surface area (Å²) in [4.78, 5) is 56.3. The molecule has 8 nitrogen and oxygen atoms in total. The zero-order chi connectivity index (χ0) is 33.4. The summed E-state index contributed by atoms with van der Waals surface area (Å²) in [6, 6.07) is 6.13. The quantitative estimate of drug-likeness (QED) is 0.0749. The largest absolute Gasteiger partial charge is 0.399 e. The topological polar surface area (TPSA) is 93.2 Å². The van der Waals surface area contributed by atoms with Crippen molar-refractivity contribution < 1.29 is 28.0 Å². The third-order valence-corrected chi connectivity index (χ3v) is 15.1. The molecular weight excluding hydrogens is 706 g/mol. The summed E-state index contributed by atoms with van der Waals surface area (Å²) >= 11 is 28.2. The first kappa shape index (κ1) is 31.8. The Kier molecular flexibility index (Phi) is 7.15. The Balaban J connectivity index is 1.66. The Labute approximate surface area is 285 Å². The number of benzene rings is 5. The Morgan fingerprint density at radius 2 is 0.717 bits per heavy atom. The van der Waals surface area contributed by atoms with Crippen LogP contribution in [0.2, 0.25) is 46.3 Å². The lowest BCUT2D eigenvalue weighted by Crippen LogP contribution is -2.58. The Hall–Kier alpha value is -2.81. The van der Waals surface area contributed by atoms with Crippen LogP contribution < -0.4 is 0 Å². The van der Waals surface area contributed by atoms with Crippen molar-refractivity contribution in [3.8, 4) is 0 Å². The normalized spacial score (nSPS) is 15.6. The molecular formula is C32H26Cl4N2O6Si2. The first-order valence-electron chi connectivity index (χ1n) is 14.6. The number of imide groups is 2. The number of rotatable bonds is 6. The van der Waals surface area contributed by atoms with Crippen LogP contribution in [0.5, 0.6) is 0 Å². The molecule has 4 amide bonds. The van der Waals surface area contributed by atoms with Gasteiger partial charge in [0, 0.05) is 98.6 Å². The number of nitrogens with zero attached hydrogens (tertiary/aromatic N) is 2. The third kappa shape index (κ3) is 3.99. The highest BCUT2D eigenvalue weighted by atomic mass is 35.5. The van der Waals surface area contributed by atoms with Gasteiger partial charge in [-0.15, -0.1) is 0 Å². The lowest BCUT2D eigenvalue weighted by Gasteiger charge is -2.38. The van der Waals surface area contributed by atoms with E-state index in [4.69, 9.17) is 55.3 Å². The van der Waals surface area contributed by atoms with E-state index in [9.17, 15) is 19.2 Å². The summed E-state index contributed by atoms with van der Waals surface area (Å²) in [5.41, 5.74) is 0.896. The fourth-order valence-corrected chi connectivity index (χ4v) is 12.6. The van der Waals surface area contributed by atoms with Gasteiger partial charge >= 0.3 is 17.0 Å². The van der Waals surface area contributed by atoms with Gasteiger partial charge in [-0.2, -0.15) is 0 Å². The maximum absolute atomic E-state index is 14.1. The number of carbonyl (C=O) groups excluding carboxylic acids is 4. The van der Waals surface area contributed by atoms with Gasteiger partial charge in [-0.1, -0.05) is 46.4 Å². The molecule has 0 radical (unpaired) electrons. The van der Waals surface area contributed by atoms with Gasteiger partial charge in [0.15, 0.2) is 0 Å². The van der Waals surface area contributed by atoms with Gasteiger partial charge in [0.05, 0.1) is 0 Å². The van der Waals surface area contributed by atoms with Crippen molar-refractivity contribution in [2.24, 2.45) is 0 Å². The molecule has 7 rings (SSSR count). The molecule has 0 spiro atoms. The smallest absolute Gasteiger partial charge is 0.304 e. The average molecular weight is 733 g/mol. The van der Waals surface area contributed by atoms with E-state index in [-0.39, 0.29) is 42.3 Å². The first-order valence-corrected chi connectivity index (χ1v) is 21.8. The fourth-order valence-electron chi connectivity index (χ4n) is 7.27. The minimum atomic E-state index is -3.00. The molecule has 5 aromatic rings. The predicted octanol–water partition coefficient (Wildman–Crippen LogP) is 9.02. The Morgan fingerprint density at radius 3 is 0.935 bits per heavy atom. The van der Waals surface area contributed by atoms with Gasteiger partial charge in [-0.3, -0.25) is 28.3 Å². The van der Waals surface area contributed by atoms with Crippen LogP contribution >= 0.6 is 46.4 Å². The number of amides is 4. The minimum Gasteiger partial charge on any atom is -0.399 e. The molecule has 0 bridgehead atoms. The molecule has 2 aliphatic heterocycles. The second kappa shape index (κ2) is 10.3. The van der Waals surface area contributed by atoms with E-state index < -0.39 is 40.6 Å². The number of hydrogen-bond donors (Lipinski definition) is 0. The Morgan fingerprint density at radius 1 is 0.478 bits per heavy atom. The summed E-state index contributed by atoms with van der Waals surface area (Å²) in [7, 11) is -6.00. The Bertz CT molecular complexity index is 2000. The molecule has 236 valence electrons. The maximum Gasteiger partial charge on any atom is 0.304 e. The zero-order valence-electron chi connectivity index (χ0n) is 25.6. The van der Waals surface area contributed by atoms with Crippen molar-refractivity contribution >= 4 is 130 Å². The van der Waals surface area contributed by atoms with Crippen molar-refractivity contribution in [2.45, 2.75) is 40.0 Å². The van der Waals surface area contributed by atoms with E-state index in [0.717, 1.165) is 0 Å². The van der Waals surface area contributed by atoms with Crippen LogP contribution in [0.15, 0.2) is 24.3 Å². The van der Waals surface area contributed by atoms with E-state index in [2.05, 4.69) is 0 Å². The molecule has 0 fully saturated rings. The van der Waals surface area contributed by atoms with Gasteiger partial charge in [-0.05, 0) is 64.3 Å². The number of hydrogen-bond acceptors (Lipinski definition) is 6. The van der Waals surface area contributed by atoms with Crippen LogP contribution in [0.3, 0.4) is 0 Å². The van der Waals surface area contributed by atoms with Gasteiger partial charge in [-0.25, -0.2) is 0 Å². The highest BCUT2D eigenvalue weighted by Gasteiger charge is 2.48. The van der Waals surface area contributed by atoms with Crippen molar-refractivity contribution in [2.75, 3.05) is 13.2 Å². The third-order valence-electron chi connectivity index (χ3n) is 8.92. The van der Waals surface area contributed by atoms with Crippen LogP contribution in [-0.2, 0) is 8.85 Å². The second-order valence-electron chi connectivity index (χ2n) is 12.3. The zero-order valence-corrected chi connectivity index (χ0v) is 30.6. The first-order chi connectivity index (χ1) is 21.6. The van der Waals surface area contributed by atoms with Gasteiger partial charge in [0.1, 0.15) is 0 Å². The molecule has 0 aliphatic carbocycles. The van der Waals surface area contributed by atoms with Crippen LogP contribution in [0, 0.1) is 0 Å². The number of carbonyl (C=O) groups is 4. The van der Waals surface area contributed by atoms with E-state index in [1.54, 1.807) is 26.2 Å². The molecule has 0 unspecified atom stereocenters. The summed E-state index contributed by atoms with van der Waals surface area (Å²) < 4.78 is 14.3. The molecule has 5 aromatic carbocycles. The monoisotopic (exact) mass is 730 g/mol. The highest BCUT2D eigenvalue weighted by molar-refractivity contribution is 6.76. The fraction of sp³-hybridized carbons (Fsp3) is 0.250. The van der Waals surface area contributed by atoms with Crippen LogP contribution in [0.25, 0.3) is 43.1 Å². The molecule has 14 heteroatoms. The molecule has 2 heterocycles. The van der Waals surface area contributed by atoms with Crippen LogP contribution in [-0.4, -0.2) is 62.9 Å². The van der Waals surface area contributed by atoms with Crippen molar-refractivity contribution in [1.82, 2.24) is 9.13 Å². The number of halogens is 4. The predicted molar refractivity (Wildman–Crippen MR) is 187 cm³/mol. The molecule has 2 aliphatic rings. The van der Waals surface area contributed by atoms with E-state index in [1.165, 1.54) is 33.4 Å². The SMILES string of the molecule is CCO[Si](C)(C)N1C(=O)c2cc(Cl)c3c4c(Cl)cc5c6c(cc(Cl)c(c7c(Cl)cc(c2c37)C1=O)c64)C(=O)N([Si](C)(C)OCC)C5=O. The minimum absolute atomic E-state index is 0.180. The lowest BCUT2D eigenvalue weighted by molar-refractivity contribution is 0.0661. The molecule has 46 heavy (non-hydrogen) atoms. The summed E-state index contributed by atoms with van der Waals surface area (Å²) in [6.07, 6.45) is 0. The van der Waals surface area contributed by atoms with E-state index in [1.807, 2.05) is 13.8 Å². The highest BCUT2D eigenvalue weighted by Crippen LogP contribution is 2.54. The maximum atomic E-state index is 14.1. The summed E-state index contributed by atoms with van der Waals surface area (Å²) in [5, 5.41) is 4.08. The molecule has 0 aromatic heterocycles. The molecule has 0 saturated heterocycles. The van der Waals surface area contributed by atoms with E-state index >= 15 is 0 Å². The molecule has 0 saturated carbocycles. The lowest BCUT2D eigenvalue weighted by atomic mass is 9.82. The van der Waals surface area contributed by atoms with Gasteiger partial charge < -0.3 is 8.85 Å². The summed E-state index contributed by atoms with van der Waals surface area (Å²) in [5.74, 6) is -2.07. The van der Waals surface area contributed by atoms with Crippen molar-refractivity contribution in [3.05, 3.63) is 66.6 Å². The van der Waals surface area contributed by atoms with Crippen molar-refractivity contribution in [1.29, 1.82) is 0 Å². The standard InChI is InChI=1S/C32H26Cl4N2O6Si2/c1-7-43-45(3,4)37-29(39)13-9-17(33)23-25-19(35)11-15-22-16(32(42)38(31(15)41)46(5,6)44-8-2)12-20(36)26(28(22)25)24-18(34)10-14(30(37)40)21(13)27(23)24/h9-12H,7-8H2,1-6H3. The number of fused-ring (bicyclic) bond motifs is 2. The van der Waals surface area contributed by atoms with Gasteiger partial charge in [0.25, 0.3) is 23.6 Å². The van der Waals surface area contributed by atoms with E-state index in [0.29, 0.717) is 56.3 Å². The van der Waals surface area contributed by atoms with Gasteiger partial charge in [0.2, 0.25) is 0 Å². The molecule has 0 N–H and O–H groups in total. The van der Waals surface area contributed by atoms with Crippen LogP contribution in [0.1, 0.15) is 55.3 Å². The van der Waals surface area contributed by atoms with Crippen LogP contribution in [0.4, 0.5) is 0 Å². The second-order valence-corrected chi connectivity index (χ2v) is 21.2. The molecule has 0 atom stereocenters. The summed E-state index contributed by atoms with van der Waals surface area (Å²) in [6.45, 7) is 11.4. The van der Waals surface area contributed by atoms with Crippen molar-refractivity contribution in [3.63, 3.8) is 0 Å². The average Bonchev–Trinajstić information content (AvgIpc) is 2.96.